The van der Waals surface area contributed by atoms with E-state index in [-0.39, 0.29) is 57.9 Å². The molecule has 0 aromatic heterocycles. The van der Waals surface area contributed by atoms with E-state index >= 15 is 0 Å². The number of guanidine groups is 1. The Hall–Kier alpha value is -6.62. The van der Waals surface area contributed by atoms with Gasteiger partial charge in [0.05, 0.1) is 35.9 Å². The average Bonchev–Trinajstić information content (AvgIpc) is 3.26. The third-order valence-electron chi connectivity index (χ3n) is 10.8. The van der Waals surface area contributed by atoms with E-state index < -0.39 is 66.2 Å². The van der Waals surface area contributed by atoms with Gasteiger partial charge in [-0.3, -0.25) is 18.2 Å². The summed E-state index contributed by atoms with van der Waals surface area (Å²) in [6.45, 7) is 5.35. The van der Waals surface area contributed by atoms with Crippen molar-refractivity contribution < 1.29 is 57.0 Å². The van der Waals surface area contributed by atoms with Crippen molar-refractivity contribution in [1.82, 2.24) is 5.32 Å². The molecular weight excluding hydrogens is 979 g/mol. The lowest BCUT2D eigenvalue weighted by Crippen LogP contribution is -2.46. The second-order valence-corrected chi connectivity index (χ2v) is 21.3. The summed E-state index contributed by atoms with van der Waals surface area (Å²) >= 11 is 0. The lowest BCUT2D eigenvalue weighted by molar-refractivity contribution is 0.306. The van der Waals surface area contributed by atoms with Gasteiger partial charge in [-0.15, -0.1) is 0 Å². The second-order valence-electron chi connectivity index (χ2n) is 15.8. The molecule has 0 aliphatic carbocycles. The summed E-state index contributed by atoms with van der Waals surface area (Å²) in [6, 6.07) is 22.0. The lowest BCUT2D eigenvalue weighted by atomic mass is 10.00. The molecule has 362 valence electrons. The predicted molar refractivity (Wildman–Crippen MR) is 257 cm³/mol. The molecular formula is C43H43N9O13S4. The number of amidine groups is 1. The summed E-state index contributed by atoms with van der Waals surface area (Å²) < 4.78 is 137. The molecule has 1 aliphatic rings. The van der Waals surface area contributed by atoms with Crippen LogP contribution in [-0.4, -0.2) is 88.1 Å². The number of aliphatic hydroxyl groups excluding tert-OH is 1. The van der Waals surface area contributed by atoms with Gasteiger partial charge in [0.15, 0.2) is 0 Å². The average molecular weight is 1020 g/mol. The van der Waals surface area contributed by atoms with Gasteiger partial charge in [-0.1, -0.05) is 31.2 Å². The Labute approximate surface area is 396 Å². The van der Waals surface area contributed by atoms with E-state index in [2.05, 4.69) is 41.4 Å². The molecule has 2 unspecified atom stereocenters. The van der Waals surface area contributed by atoms with Gasteiger partial charge >= 0.3 is 0 Å². The number of rotatable bonds is 13. The number of nitrogens with one attached hydrogen (secondary N) is 3. The minimum atomic E-state index is -4.85. The smallest absolute Gasteiger partial charge is 0.295 e. The molecule has 1 heterocycles. The van der Waals surface area contributed by atoms with Crippen LogP contribution in [-0.2, 0) is 40.5 Å². The van der Waals surface area contributed by atoms with E-state index in [0.717, 1.165) is 24.3 Å². The highest BCUT2D eigenvalue weighted by molar-refractivity contribution is 7.87. The van der Waals surface area contributed by atoms with Gasteiger partial charge in [0.1, 0.15) is 31.6 Å². The van der Waals surface area contributed by atoms with Crippen molar-refractivity contribution in [1.29, 1.82) is 0 Å². The van der Waals surface area contributed by atoms with Gasteiger partial charge < -0.3 is 21.1 Å². The Kier molecular flexibility index (Phi) is 14.4. The Bertz CT molecular complexity index is 3620. The summed E-state index contributed by atoms with van der Waals surface area (Å²) in [4.78, 5) is 6.77. The molecule has 0 saturated heterocycles. The number of nitrogens with zero attached hydrogens (tertiary/aromatic N) is 6. The Balaban J connectivity index is 1.08. The Morgan fingerprint density at radius 2 is 1.09 bits per heavy atom. The van der Waals surface area contributed by atoms with E-state index in [1.807, 2.05) is 6.92 Å². The van der Waals surface area contributed by atoms with Gasteiger partial charge in [-0.05, 0) is 110 Å². The number of aryl methyl sites for hydroxylation is 2. The molecule has 2 atom stereocenters. The molecule has 6 aromatic rings. The SMILES string of the molecule is Cc1cc(NC2=NC(=NCCO)NC(Nc3ccc(N=Nc4cc(S(=O)(=O)O)c5cccc(S(=O)(=O)O)c5c4)c(C)c3)C(C)CC2)ccc1N=Nc1cc(S(=O)(=O)O)c2cccc(S(=O)(=O)O)c2c1. The first kappa shape index (κ1) is 50.3. The number of aliphatic imine (C=N–C) groups is 2. The summed E-state index contributed by atoms with van der Waals surface area (Å²) in [5.41, 5.74) is 3.10. The summed E-state index contributed by atoms with van der Waals surface area (Å²) in [5, 5.41) is 35.7. The minimum absolute atomic E-state index is 0.0386. The fraction of sp³-hybridized carbons (Fsp3) is 0.209. The van der Waals surface area contributed by atoms with Gasteiger partial charge in [-0.25, -0.2) is 9.98 Å². The number of azo groups is 2. The minimum Gasteiger partial charge on any atom is -0.394 e. The monoisotopic (exact) mass is 1020 g/mol. The zero-order valence-corrected chi connectivity index (χ0v) is 39.8. The molecule has 22 nitrogen and oxygen atoms in total. The quantitative estimate of drug-likeness (QED) is 0.0400. The molecule has 1 aliphatic heterocycles. The molecule has 0 saturated carbocycles. The fourth-order valence-electron chi connectivity index (χ4n) is 7.42. The summed E-state index contributed by atoms with van der Waals surface area (Å²) in [7, 11) is -19.3. The van der Waals surface area contributed by atoms with E-state index in [0.29, 0.717) is 52.6 Å². The van der Waals surface area contributed by atoms with Gasteiger partial charge in [0, 0.05) is 39.3 Å². The van der Waals surface area contributed by atoms with Crippen molar-refractivity contribution in [2.45, 2.75) is 59.4 Å². The number of fused-ring (bicyclic) bond motifs is 2. The van der Waals surface area contributed by atoms with Crippen LogP contribution in [0.3, 0.4) is 0 Å². The van der Waals surface area contributed by atoms with Crippen molar-refractivity contribution >= 4 is 108 Å². The van der Waals surface area contributed by atoms with Crippen LogP contribution in [0.2, 0.25) is 0 Å². The molecule has 0 fully saturated rings. The van der Waals surface area contributed by atoms with E-state index in [9.17, 15) is 57.0 Å². The summed E-state index contributed by atoms with van der Waals surface area (Å²) in [6.07, 6.45) is 0.699. The Morgan fingerprint density at radius 3 is 1.55 bits per heavy atom. The highest BCUT2D eigenvalue weighted by Crippen LogP contribution is 2.36. The van der Waals surface area contributed by atoms with E-state index in [1.54, 1.807) is 50.2 Å². The maximum absolute atomic E-state index is 12.3. The number of hydrogen-bond acceptors (Lipinski definition) is 16. The topological polar surface area (TPSA) is 348 Å². The first-order valence-corrected chi connectivity index (χ1v) is 26.3. The van der Waals surface area contributed by atoms with Crippen molar-refractivity contribution in [3.8, 4) is 0 Å². The standard InChI is InChI=1S/C43H43N9O13S4/c1-24-10-15-41(45-27-11-13-35(25(2)18-27)51-49-29-20-33-31(39(22-29)68(60,61)62)6-4-8-37(33)66(54,55)56)47-43(44-16-17-53)48-42(24)46-28-12-14-36(26(3)19-28)52-50-30-21-34-32(40(23-30)69(63,64)65)7-5-9-38(34)67(57,58)59/h4-9,11-14,18-24,42,46,53H,10,15-17H2,1-3H3,(H,54,55,56)(H,57,58,59)(H,60,61,62)(H,63,64,65)(H2,44,45,47,48). The lowest BCUT2D eigenvalue weighted by Gasteiger charge is -2.30. The molecule has 8 N–H and O–H groups in total. The fourth-order valence-corrected chi connectivity index (χ4v) is 10.3. The molecule has 0 bridgehead atoms. The van der Waals surface area contributed by atoms with Crippen LogP contribution >= 0.6 is 0 Å². The van der Waals surface area contributed by atoms with Crippen molar-refractivity contribution in [2.24, 2.45) is 36.4 Å². The molecule has 0 spiro atoms. The number of aliphatic hydroxyl groups is 1. The van der Waals surface area contributed by atoms with Crippen LogP contribution in [0.15, 0.2) is 147 Å². The van der Waals surface area contributed by atoms with Crippen molar-refractivity contribution in [3.05, 3.63) is 108 Å². The van der Waals surface area contributed by atoms with Crippen LogP contribution in [0.25, 0.3) is 21.5 Å². The molecule has 7 rings (SSSR count). The molecule has 0 radical (unpaired) electrons. The van der Waals surface area contributed by atoms with Crippen LogP contribution in [0.4, 0.5) is 34.1 Å². The largest absolute Gasteiger partial charge is 0.394 e. The van der Waals surface area contributed by atoms with Crippen LogP contribution in [0, 0.1) is 19.8 Å². The first-order valence-electron chi connectivity index (χ1n) is 20.5. The van der Waals surface area contributed by atoms with Crippen molar-refractivity contribution in [3.63, 3.8) is 0 Å². The maximum atomic E-state index is 12.3. The highest BCUT2D eigenvalue weighted by atomic mass is 32.2. The molecule has 0 amide bonds. The van der Waals surface area contributed by atoms with E-state index in [1.165, 1.54) is 36.4 Å². The third-order valence-corrected chi connectivity index (χ3v) is 14.4. The maximum Gasteiger partial charge on any atom is 0.295 e. The molecule has 26 heteroatoms. The van der Waals surface area contributed by atoms with Gasteiger partial charge in [0.2, 0.25) is 5.96 Å². The zero-order valence-electron chi connectivity index (χ0n) is 36.5. The third kappa shape index (κ3) is 12.0. The first-order chi connectivity index (χ1) is 32.4. The summed E-state index contributed by atoms with van der Waals surface area (Å²) in [5.74, 6) is 0.744. The Morgan fingerprint density at radius 1 is 0.609 bits per heavy atom. The van der Waals surface area contributed by atoms with Crippen LogP contribution in [0.1, 0.15) is 30.9 Å². The van der Waals surface area contributed by atoms with Gasteiger partial charge in [-0.2, -0.15) is 54.1 Å². The van der Waals surface area contributed by atoms with Crippen LogP contribution < -0.4 is 16.0 Å². The van der Waals surface area contributed by atoms with Crippen molar-refractivity contribution in [2.75, 3.05) is 23.8 Å². The predicted octanol–water partition coefficient (Wildman–Crippen LogP) is 8.04. The van der Waals surface area contributed by atoms with Crippen LogP contribution in [0.5, 0.6) is 0 Å². The van der Waals surface area contributed by atoms with Gasteiger partial charge in [0.25, 0.3) is 40.5 Å². The zero-order chi connectivity index (χ0) is 50.1. The highest BCUT2D eigenvalue weighted by Gasteiger charge is 2.25. The number of anilines is 2. The van der Waals surface area contributed by atoms with E-state index in [4.69, 9.17) is 4.99 Å². The number of benzene rings is 6. The molecule has 6 aromatic carbocycles. The number of hydrogen-bond donors (Lipinski definition) is 8. The molecule has 69 heavy (non-hydrogen) atoms. The normalized spacial score (nSPS) is 17.0. The second kappa shape index (κ2) is 19.8.